The van der Waals surface area contributed by atoms with Crippen LogP contribution in [0.2, 0.25) is 0 Å². The Morgan fingerprint density at radius 1 is 1.30 bits per heavy atom. The molecule has 5 heteroatoms. The first-order chi connectivity index (χ1) is 9.75. The van der Waals surface area contributed by atoms with Gasteiger partial charge in [0.25, 0.3) is 0 Å². The van der Waals surface area contributed by atoms with E-state index in [9.17, 15) is 4.79 Å². The van der Waals surface area contributed by atoms with Gasteiger partial charge < -0.3 is 20.7 Å². The lowest BCUT2D eigenvalue weighted by Crippen LogP contribution is -2.58. The second-order valence-corrected chi connectivity index (χ2v) is 5.08. The number of nitrogens with one attached hydrogen (secondary N) is 3. The normalized spacial score (nSPS) is 22.2. The van der Waals surface area contributed by atoms with Gasteiger partial charge in [0.15, 0.2) is 0 Å². The van der Waals surface area contributed by atoms with Crippen LogP contribution in [0.5, 0.6) is 5.75 Å². The summed E-state index contributed by atoms with van der Waals surface area (Å²) in [5.74, 6) is 0.926. The summed E-state index contributed by atoms with van der Waals surface area (Å²) in [5, 5.41) is 9.45. The minimum absolute atomic E-state index is 0.0594. The zero-order chi connectivity index (χ0) is 14.2. The number of ether oxygens (including phenoxy) is 1. The average molecular weight is 277 g/mol. The molecule has 0 bridgehead atoms. The molecule has 1 amide bonds. The molecular weight excluding hydrogens is 254 g/mol. The van der Waals surface area contributed by atoms with Crippen LogP contribution in [0.1, 0.15) is 13.3 Å². The number of hydrogen-bond donors (Lipinski definition) is 3. The smallest absolute Gasteiger partial charge is 0.238 e. The number of piperazine rings is 1. The molecule has 1 aliphatic heterocycles. The maximum absolute atomic E-state index is 11.9. The predicted molar refractivity (Wildman–Crippen MR) is 78.8 cm³/mol. The fourth-order valence-electron chi connectivity index (χ4n) is 2.08. The quantitative estimate of drug-likeness (QED) is 0.664. The Bertz CT molecular complexity index is 403. The molecule has 2 rings (SSSR count). The van der Waals surface area contributed by atoms with Gasteiger partial charge in [-0.05, 0) is 25.5 Å². The van der Waals surface area contributed by atoms with Crippen LogP contribution < -0.4 is 20.7 Å². The summed E-state index contributed by atoms with van der Waals surface area (Å²) in [6.07, 6.45) is 0.803. The molecule has 1 heterocycles. The van der Waals surface area contributed by atoms with E-state index >= 15 is 0 Å². The van der Waals surface area contributed by atoms with E-state index in [2.05, 4.69) is 22.9 Å². The third kappa shape index (κ3) is 4.83. The van der Waals surface area contributed by atoms with Crippen LogP contribution in [0.15, 0.2) is 30.3 Å². The standard InChI is InChI=1S/C15H23N3O2/c1-12-10-18-14(11-17-12)15(19)16-8-5-9-20-13-6-3-2-4-7-13/h2-4,6-7,12,14,17-18H,5,8-11H2,1H3,(H,16,19). The monoisotopic (exact) mass is 277 g/mol. The van der Waals surface area contributed by atoms with Crippen molar-refractivity contribution in [2.45, 2.75) is 25.4 Å². The molecule has 2 unspecified atom stereocenters. The molecular formula is C15H23N3O2. The summed E-state index contributed by atoms with van der Waals surface area (Å²) in [7, 11) is 0. The van der Waals surface area contributed by atoms with E-state index in [1.807, 2.05) is 30.3 Å². The summed E-state index contributed by atoms with van der Waals surface area (Å²) in [4.78, 5) is 11.9. The number of carbonyl (C=O) groups is 1. The van der Waals surface area contributed by atoms with E-state index in [1.54, 1.807) is 0 Å². The zero-order valence-corrected chi connectivity index (χ0v) is 11.9. The molecule has 0 saturated carbocycles. The van der Waals surface area contributed by atoms with Gasteiger partial charge in [-0.25, -0.2) is 0 Å². The van der Waals surface area contributed by atoms with Crippen molar-refractivity contribution in [1.82, 2.24) is 16.0 Å². The number of rotatable bonds is 6. The molecule has 110 valence electrons. The number of para-hydroxylation sites is 1. The Hall–Kier alpha value is -1.59. The predicted octanol–water partition coefficient (Wildman–Crippen LogP) is 0.522. The summed E-state index contributed by atoms with van der Waals surface area (Å²) in [5.41, 5.74) is 0. The first-order valence-corrected chi connectivity index (χ1v) is 7.18. The van der Waals surface area contributed by atoms with Gasteiger partial charge in [0.1, 0.15) is 5.75 Å². The van der Waals surface area contributed by atoms with Gasteiger partial charge in [-0.3, -0.25) is 4.79 Å². The highest BCUT2D eigenvalue weighted by Gasteiger charge is 2.22. The summed E-state index contributed by atoms with van der Waals surface area (Å²) < 4.78 is 5.57. The van der Waals surface area contributed by atoms with Crippen LogP contribution in [0.4, 0.5) is 0 Å². The van der Waals surface area contributed by atoms with Crippen molar-refractivity contribution in [2.75, 3.05) is 26.2 Å². The number of benzene rings is 1. The van der Waals surface area contributed by atoms with Crippen LogP contribution in [-0.2, 0) is 4.79 Å². The topological polar surface area (TPSA) is 62.4 Å². The van der Waals surface area contributed by atoms with Gasteiger partial charge in [0.2, 0.25) is 5.91 Å². The second kappa shape index (κ2) is 7.87. The first kappa shape index (κ1) is 14.8. The fraction of sp³-hybridized carbons (Fsp3) is 0.533. The highest BCUT2D eigenvalue weighted by molar-refractivity contribution is 5.82. The van der Waals surface area contributed by atoms with Crippen LogP contribution in [-0.4, -0.2) is 44.2 Å². The molecule has 5 nitrogen and oxygen atoms in total. The Kier molecular flexibility index (Phi) is 5.83. The van der Waals surface area contributed by atoms with Gasteiger partial charge in [-0.15, -0.1) is 0 Å². The molecule has 3 N–H and O–H groups in total. The number of amides is 1. The molecule has 1 aliphatic rings. The van der Waals surface area contributed by atoms with Crippen LogP contribution in [0.3, 0.4) is 0 Å². The lowest BCUT2D eigenvalue weighted by molar-refractivity contribution is -0.123. The fourth-order valence-corrected chi connectivity index (χ4v) is 2.08. The van der Waals surface area contributed by atoms with Gasteiger partial charge in [0.05, 0.1) is 12.6 Å². The molecule has 1 aromatic carbocycles. The molecule has 0 aliphatic carbocycles. The third-order valence-electron chi connectivity index (χ3n) is 3.29. The summed E-state index contributed by atoms with van der Waals surface area (Å²) in [6, 6.07) is 10.0. The van der Waals surface area contributed by atoms with Crippen LogP contribution in [0, 0.1) is 0 Å². The van der Waals surface area contributed by atoms with Crippen molar-refractivity contribution in [3.63, 3.8) is 0 Å². The van der Waals surface area contributed by atoms with Crippen LogP contribution >= 0.6 is 0 Å². The molecule has 0 spiro atoms. The minimum atomic E-state index is -0.124. The molecule has 1 fully saturated rings. The van der Waals surface area contributed by atoms with Crippen molar-refractivity contribution in [1.29, 1.82) is 0 Å². The van der Waals surface area contributed by atoms with E-state index in [0.717, 1.165) is 18.7 Å². The maximum Gasteiger partial charge on any atom is 0.238 e. The Morgan fingerprint density at radius 3 is 2.80 bits per heavy atom. The molecule has 20 heavy (non-hydrogen) atoms. The first-order valence-electron chi connectivity index (χ1n) is 7.18. The number of carbonyl (C=O) groups excluding carboxylic acids is 1. The Balaban J connectivity index is 1.55. The van der Waals surface area contributed by atoms with Gasteiger partial charge in [0, 0.05) is 25.7 Å². The average Bonchev–Trinajstić information content (AvgIpc) is 2.48. The van der Waals surface area contributed by atoms with Crippen molar-refractivity contribution in [2.24, 2.45) is 0 Å². The maximum atomic E-state index is 11.9. The Morgan fingerprint density at radius 2 is 2.10 bits per heavy atom. The SMILES string of the molecule is CC1CNC(C(=O)NCCCOc2ccccc2)CN1. The van der Waals surface area contributed by atoms with Crippen LogP contribution in [0.25, 0.3) is 0 Å². The third-order valence-corrected chi connectivity index (χ3v) is 3.29. The molecule has 2 atom stereocenters. The van der Waals surface area contributed by atoms with E-state index in [0.29, 0.717) is 25.7 Å². The minimum Gasteiger partial charge on any atom is -0.494 e. The van der Waals surface area contributed by atoms with Crippen molar-refractivity contribution in [3.05, 3.63) is 30.3 Å². The van der Waals surface area contributed by atoms with Crippen molar-refractivity contribution < 1.29 is 9.53 Å². The summed E-state index contributed by atoms with van der Waals surface area (Å²) in [6.45, 7) is 4.86. The van der Waals surface area contributed by atoms with Gasteiger partial charge in [-0.2, -0.15) is 0 Å². The lowest BCUT2D eigenvalue weighted by atomic mass is 10.1. The highest BCUT2D eigenvalue weighted by atomic mass is 16.5. The van der Waals surface area contributed by atoms with Crippen molar-refractivity contribution in [3.8, 4) is 5.75 Å². The molecule has 0 aromatic heterocycles. The molecule has 1 aromatic rings. The highest BCUT2D eigenvalue weighted by Crippen LogP contribution is 2.08. The molecule has 0 radical (unpaired) electrons. The van der Waals surface area contributed by atoms with E-state index in [4.69, 9.17) is 4.74 Å². The van der Waals surface area contributed by atoms with Gasteiger partial charge >= 0.3 is 0 Å². The van der Waals surface area contributed by atoms with Crippen molar-refractivity contribution >= 4 is 5.91 Å². The lowest BCUT2D eigenvalue weighted by Gasteiger charge is -2.28. The largest absolute Gasteiger partial charge is 0.494 e. The van der Waals surface area contributed by atoms with E-state index in [1.165, 1.54) is 0 Å². The van der Waals surface area contributed by atoms with E-state index in [-0.39, 0.29) is 11.9 Å². The van der Waals surface area contributed by atoms with E-state index < -0.39 is 0 Å². The Labute approximate surface area is 120 Å². The molecule has 1 saturated heterocycles. The summed E-state index contributed by atoms with van der Waals surface area (Å²) >= 11 is 0. The zero-order valence-electron chi connectivity index (χ0n) is 11.9. The van der Waals surface area contributed by atoms with Gasteiger partial charge in [-0.1, -0.05) is 18.2 Å². The number of hydrogen-bond acceptors (Lipinski definition) is 4. The second-order valence-electron chi connectivity index (χ2n) is 5.08.